The molecular weight excluding hydrogens is 496 g/mol. The van der Waals surface area contributed by atoms with Gasteiger partial charge in [0.25, 0.3) is 5.91 Å². The van der Waals surface area contributed by atoms with Gasteiger partial charge in [-0.3, -0.25) is 14.6 Å². The quantitative estimate of drug-likeness (QED) is 0.450. The Bertz CT molecular complexity index is 1260. The number of nitrogens with zero attached hydrogens (tertiary/aromatic N) is 4. The minimum Gasteiger partial charge on any atom is -0.379 e. The number of sulfonamides is 1. The number of thiazole rings is 1. The van der Waals surface area contributed by atoms with Crippen LogP contribution in [0.3, 0.4) is 0 Å². The van der Waals surface area contributed by atoms with Gasteiger partial charge in [-0.25, -0.2) is 17.7 Å². The highest BCUT2D eigenvalue weighted by atomic mass is 35.5. The van der Waals surface area contributed by atoms with E-state index in [1.807, 2.05) is 12.1 Å². The van der Waals surface area contributed by atoms with Crippen LogP contribution in [0.5, 0.6) is 0 Å². The molecule has 1 amide bonds. The molecule has 0 bridgehead atoms. The number of morpholine rings is 1. The van der Waals surface area contributed by atoms with Crippen molar-refractivity contribution in [2.45, 2.75) is 11.3 Å². The van der Waals surface area contributed by atoms with E-state index < -0.39 is 10.0 Å². The van der Waals surface area contributed by atoms with Gasteiger partial charge >= 0.3 is 0 Å². The highest BCUT2D eigenvalue weighted by Crippen LogP contribution is 2.33. The molecule has 1 saturated heterocycles. The zero-order valence-electron chi connectivity index (χ0n) is 19.1. The molecule has 34 heavy (non-hydrogen) atoms. The van der Waals surface area contributed by atoms with Gasteiger partial charge in [-0.15, -0.1) is 0 Å². The lowest BCUT2D eigenvalue weighted by molar-refractivity contribution is 0.0376. The van der Waals surface area contributed by atoms with E-state index in [0.29, 0.717) is 27.8 Å². The van der Waals surface area contributed by atoms with Crippen LogP contribution in [-0.4, -0.2) is 82.0 Å². The second-order valence-corrected chi connectivity index (χ2v) is 11.7. The molecule has 11 heteroatoms. The predicted octanol–water partition coefficient (Wildman–Crippen LogP) is 3.57. The summed E-state index contributed by atoms with van der Waals surface area (Å²) in [5.41, 5.74) is 1.07. The van der Waals surface area contributed by atoms with E-state index in [9.17, 15) is 13.2 Å². The van der Waals surface area contributed by atoms with Crippen LogP contribution in [-0.2, 0) is 14.8 Å². The Morgan fingerprint density at radius 3 is 2.50 bits per heavy atom. The van der Waals surface area contributed by atoms with Crippen LogP contribution >= 0.6 is 22.9 Å². The lowest BCUT2D eigenvalue weighted by Gasteiger charge is -2.27. The van der Waals surface area contributed by atoms with Crippen molar-refractivity contribution in [3.8, 4) is 0 Å². The van der Waals surface area contributed by atoms with Crippen molar-refractivity contribution < 1.29 is 17.9 Å². The third kappa shape index (κ3) is 5.42. The average molecular weight is 523 g/mol. The number of ether oxygens (including phenoxy) is 1. The van der Waals surface area contributed by atoms with Gasteiger partial charge in [-0.05, 0) is 42.8 Å². The molecule has 1 fully saturated rings. The summed E-state index contributed by atoms with van der Waals surface area (Å²) >= 11 is 7.74. The van der Waals surface area contributed by atoms with Crippen molar-refractivity contribution in [1.29, 1.82) is 0 Å². The normalized spacial score (nSPS) is 15.2. The number of fused-ring (bicyclic) bond motifs is 1. The minimum atomic E-state index is -3.57. The van der Waals surface area contributed by atoms with Gasteiger partial charge in [0.1, 0.15) is 5.52 Å². The maximum absolute atomic E-state index is 13.6. The van der Waals surface area contributed by atoms with E-state index in [4.69, 9.17) is 16.3 Å². The Hall–Kier alpha value is -2.08. The zero-order chi connectivity index (χ0) is 24.3. The van der Waals surface area contributed by atoms with E-state index in [0.717, 1.165) is 48.3 Å². The van der Waals surface area contributed by atoms with Gasteiger partial charge in [-0.1, -0.05) is 29.0 Å². The molecule has 2 heterocycles. The molecule has 0 atom stereocenters. The van der Waals surface area contributed by atoms with Crippen molar-refractivity contribution in [3.05, 3.63) is 53.1 Å². The fourth-order valence-corrected chi connectivity index (χ4v) is 5.91. The average Bonchev–Trinajstić information content (AvgIpc) is 3.27. The molecule has 0 radical (unpaired) electrons. The van der Waals surface area contributed by atoms with Crippen LogP contribution in [0.2, 0.25) is 5.02 Å². The molecule has 1 aliphatic rings. The summed E-state index contributed by atoms with van der Waals surface area (Å²) in [6.45, 7) is 4.53. The molecule has 4 rings (SSSR count). The number of rotatable bonds is 8. The van der Waals surface area contributed by atoms with Crippen LogP contribution in [0.15, 0.2) is 47.4 Å². The monoisotopic (exact) mass is 522 g/mol. The number of aromatic nitrogens is 1. The highest BCUT2D eigenvalue weighted by Gasteiger charge is 2.24. The number of carbonyl (C=O) groups excluding carboxylic acids is 1. The van der Waals surface area contributed by atoms with Gasteiger partial charge in [0.2, 0.25) is 10.0 Å². The third-order valence-corrected chi connectivity index (χ3v) is 8.85. The molecule has 0 N–H and O–H groups in total. The number of anilines is 1. The molecule has 3 aromatic rings. The van der Waals surface area contributed by atoms with Crippen molar-refractivity contribution in [2.24, 2.45) is 0 Å². The summed E-state index contributed by atoms with van der Waals surface area (Å²) in [7, 11) is -0.623. The largest absolute Gasteiger partial charge is 0.379 e. The first-order chi connectivity index (χ1) is 16.3. The lowest BCUT2D eigenvalue weighted by atomic mass is 10.2. The topological polar surface area (TPSA) is 83.1 Å². The van der Waals surface area contributed by atoms with Gasteiger partial charge < -0.3 is 4.74 Å². The molecular formula is C23H27ClN4O4S2. The standard InChI is InChI=1S/C23H27ClN4O4S2/c1-26(2)34(30,31)18-9-7-17(8-10-18)22(29)28(12-4-11-27-13-15-32-16-14-27)23-25-21-19(24)5-3-6-20(21)33-23/h3,5-10H,4,11-16H2,1-2H3. The third-order valence-electron chi connectivity index (χ3n) is 5.67. The Morgan fingerprint density at radius 1 is 1.15 bits per heavy atom. The number of benzene rings is 2. The number of carbonyl (C=O) groups is 1. The number of hydrogen-bond donors (Lipinski definition) is 0. The molecule has 2 aromatic carbocycles. The second kappa shape index (κ2) is 10.7. The lowest BCUT2D eigenvalue weighted by Crippen LogP contribution is -2.39. The van der Waals surface area contributed by atoms with E-state index >= 15 is 0 Å². The van der Waals surface area contributed by atoms with Gasteiger partial charge in [-0.2, -0.15) is 0 Å². The van der Waals surface area contributed by atoms with Crippen LogP contribution < -0.4 is 4.90 Å². The summed E-state index contributed by atoms with van der Waals surface area (Å²) in [4.78, 5) is 22.3. The summed E-state index contributed by atoms with van der Waals surface area (Å²) in [6, 6.07) is 11.6. The van der Waals surface area contributed by atoms with Crippen molar-refractivity contribution >= 4 is 54.2 Å². The summed E-state index contributed by atoms with van der Waals surface area (Å²) in [6.07, 6.45) is 0.766. The van der Waals surface area contributed by atoms with E-state index in [-0.39, 0.29) is 10.8 Å². The molecule has 182 valence electrons. The second-order valence-electron chi connectivity index (χ2n) is 8.16. The first-order valence-corrected chi connectivity index (χ1v) is 13.6. The first-order valence-electron chi connectivity index (χ1n) is 11.0. The number of hydrogen-bond acceptors (Lipinski definition) is 7. The maximum atomic E-state index is 13.6. The fraction of sp³-hybridized carbons (Fsp3) is 0.391. The van der Waals surface area contributed by atoms with Gasteiger partial charge in [0, 0.05) is 45.8 Å². The highest BCUT2D eigenvalue weighted by molar-refractivity contribution is 7.89. The van der Waals surface area contributed by atoms with E-state index in [1.165, 1.54) is 37.6 Å². The zero-order valence-corrected chi connectivity index (χ0v) is 21.5. The van der Waals surface area contributed by atoms with Crippen molar-refractivity contribution in [3.63, 3.8) is 0 Å². The van der Waals surface area contributed by atoms with Gasteiger partial charge in [0.15, 0.2) is 5.13 Å². The Balaban J connectivity index is 1.59. The van der Waals surface area contributed by atoms with Crippen LogP contribution in [0.25, 0.3) is 10.2 Å². The number of halogens is 1. The molecule has 0 spiro atoms. The predicted molar refractivity (Wildman–Crippen MR) is 135 cm³/mol. The Morgan fingerprint density at radius 2 is 1.85 bits per heavy atom. The molecule has 8 nitrogen and oxygen atoms in total. The smallest absolute Gasteiger partial charge is 0.260 e. The van der Waals surface area contributed by atoms with E-state index in [2.05, 4.69) is 9.88 Å². The van der Waals surface area contributed by atoms with E-state index in [1.54, 1.807) is 23.1 Å². The Labute approximate surface area is 208 Å². The van der Waals surface area contributed by atoms with Crippen LogP contribution in [0.1, 0.15) is 16.8 Å². The Kier molecular flexibility index (Phi) is 7.86. The molecule has 0 saturated carbocycles. The maximum Gasteiger partial charge on any atom is 0.260 e. The van der Waals surface area contributed by atoms with Crippen molar-refractivity contribution in [1.82, 2.24) is 14.2 Å². The van der Waals surface area contributed by atoms with Crippen molar-refractivity contribution in [2.75, 3.05) is 58.4 Å². The molecule has 1 aromatic heterocycles. The molecule has 0 aliphatic carbocycles. The molecule has 0 unspecified atom stereocenters. The number of amides is 1. The fourth-order valence-electron chi connectivity index (χ4n) is 3.72. The number of para-hydroxylation sites is 1. The minimum absolute atomic E-state index is 0.139. The molecule has 1 aliphatic heterocycles. The van der Waals surface area contributed by atoms with Gasteiger partial charge in [0.05, 0.1) is 27.8 Å². The summed E-state index contributed by atoms with van der Waals surface area (Å²) < 4.78 is 32.2. The van der Waals surface area contributed by atoms with Crippen LogP contribution in [0, 0.1) is 0 Å². The summed E-state index contributed by atoms with van der Waals surface area (Å²) in [5.74, 6) is -0.231. The SMILES string of the molecule is CN(C)S(=O)(=O)c1ccc(C(=O)N(CCCN2CCOCC2)c2nc3c(Cl)cccc3s2)cc1. The summed E-state index contributed by atoms with van der Waals surface area (Å²) in [5, 5.41) is 1.11. The first kappa shape index (κ1) is 25.0. The van der Waals surface area contributed by atoms with Crippen LogP contribution in [0.4, 0.5) is 5.13 Å².